The van der Waals surface area contributed by atoms with E-state index in [9.17, 15) is 4.79 Å². The SMILES string of the molecule is CC(CCN1CCCCC1)C(N)=O. The average molecular weight is 184 g/mol. The van der Waals surface area contributed by atoms with Crippen LogP contribution in [0.25, 0.3) is 0 Å². The second-order valence-corrected chi connectivity index (χ2v) is 3.99. The molecule has 1 saturated heterocycles. The number of amides is 1. The van der Waals surface area contributed by atoms with Crippen LogP contribution in [0.3, 0.4) is 0 Å². The highest BCUT2D eigenvalue weighted by atomic mass is 16.1. The summed E-state index contributed by atoms with van der Waals surface area (Å²) in [7, 11) is 0. The molecule has 0 aromatic carbocycles. The highest BCUT2D eigenvalue weighted by molar-refractivity contribution is 5.76. The maximum Gasteiger partial charge on any atom is 0.220 e. The first kappa shape index (κ1) is 10.5. The quantitative estimate of drug-likeness (QED) is 0.708. The summed E-state index contributed by atoms with van der Waals surface area (Å²) in [5, 5.41) is 0. The molecule has 0 saturated carbocycles. The molecular weight excluding hydrogens is 164 g/mol. The van der Waals surface area contributed by atoms with Crippen molar-refractivity contribution in [2.75, 3.05) is 19.6 Å². The number of piperidine rings is 1. The summed E-state index contributed by atoms with van der Waals surface area (Å²) >= 11 is 0. The first-order valence-corrected chi connectivity index (χ1v) is 5.22. The molecule has 1 heterocycles. The molecule has 1 unspecified atom stereocenters. The lowest BCUT2D eigenvalue weighted by molar-refractivity contribution is -0.121. The Balaban J connectivity index is 2.13. The second kappa shape index (κ2) is 5.22. The number of nitrogens with zero attached hydrogens (tertiary/aromatic N) is 1. The van der Waals surface area contributed by atoms with Crippen LogP contribution in [0, 0.1) is 5.92 Å². The summed E-state index contributed by atoms with van der Waals surface area (Å²) in [6.07, 6.45) is 4.90. The minimum absolute atomic E-state index is 0.0296. The minimum atomic E-state index is -0.169. The van der Waals surface area contributed by atoms with Crippen LogP contribution in [0.5, 0.6) is 0 Å². The van der Waals surface area contributed by atoms with Crippen LogP contribution in [-0.2, 0) is 4.79 Å². The molecule has 0 bridgehead atoms. The summed E-state index contributed by atoms with van der Waals surface area (Å²) in [6, 6.07) is 0. The Morgan fingerprint density at radius 1 is 1.38 bits per heavy atom. The van der Waals surface area contributed by atoms with Crippen molar-refractivity contribution in [2.24, 2.45) is 11.7 Å². The fourth-order valence-electron chi connectivity index (χ4n) is 1.70. The van der Waals surface area contributed by atoms with Crippen molar-refractivity contribution in [3.63, 3.8) is 0 Å². The zero-order valence-corrected chi connectivity index (χ0v) is 8.46. The van der Waals surface area contributed by atoms with E-state index >= 15 is 0 Å². The lowest BCUT2D eigenvalue weighted by Gasteiger charge is -2.26. The van der Waals surface area contributed by atoms with E-state index in [1.165, 1.54) is 32.4 Å². The van der Waals surface area contributed by atoms with E-state index in [1.54, 1.807) is 0 Å². The first-order valence-electron chi connectivity index (χ1n) is 5.22. The van der Waals surface area contributed by atoms with E-state index < -0.39 is 0 Å². The minimum Gasteiger partial charge on any atom is -0.369 e. The number of nitrogens with two attached hydrogens (primary N) is 1. The number of rotatable bonds is 4. The van der Waals surface area contributed by atoms with Crippen LogP contribution in [0.4, 0.5) is 0 Å². The van der Waals surface area contributed by atoms with Crippen LogP contribution >= 0.6 is 0 Å². The fourth-order valence-corrected chi connectivity index (χ4v) is 1.70. The van der Waals surface area contributed by atoms with Crippen molar-refractivity contribution in [3.8, 4) is 0 Å². The molecule has 1 atom stereocenters. The average Bonchev–Trinajstić information content (AvgIpc) is 2.15. The lowest BCUT2D eigenvalue weighted by Crippen LogP contribution is -2.33. The number of likely N-dealkylation sites (tertiary alicyclic amines) is 1. The van der Waals surface area contributed by atoms with Crippen LogP contribution in [0.2, 0.25) is 0 Å². The lowest BCUT2D eigenvalue weighted by atomic mass is 10.1. The summed E-state index contributed by atoms with van der Waals surface area (Å²) in [5.41, 5.74) is 5.19. The standard InChI is InChI=1S/C10H20N2O/c1-9(10(11)13)5-8-12-6-3-2-4-7-12/h9H,2-8H2,1H3,(H2,11,13). The maximum absolute atomic E-state index is 10.8. The van der Waals surface area contributed by atoms with E-state index in [4.69, 9.17) is 5.73 Å². The van der Waals surface area contributed by atoms with E-state index in [0.29, 0.717) is 0 Å². The fraction of sp³-hybridized carbons (Fsp3) is 0.900. The van der Waals surface area contributed by atoms with Gasteiger partial charge in [-0.15, -0.1) is 0 Å². The van der Waals surface area contributed by atoms with Gasteiger partial charge in [-0.3, -0.25) is 4.79 Å². The van der Waals surface area contributed by atoms with Gasteiger partial charge in [-0.05, 0) is 38.9 Å². The Labute approximate surface area is 80.3 Å². The summed E-state index contributed by atoms with van der Waals surface area (Å²) in [4.78, 5) is 13.2. The Bertz CT molecular complexity index is 164. The van der Waals surface area contributed by atoms with Crippen molar-refractivity contribution in [3.05, 3.63) is 0 Å². The number of carbonyl (C=O) groups is 1. The Kier molecular flexibility index (Phi) is 4.22. The van der Waals surface area contributed by atoms with Gasteiger partial charge >= 0.3 is 0 Å². The first-order chi connectivity index (χ1) is 6.20. The number of hydrogen-bond acceptors (Lipinski definition) is 2. The summed E-state index contributed by atoms with van der Waals surface area (Å²) in [5.74, 6) is -0.140. The van der Waals surface area contributed by atoms with Gasteiger partial charge in [0.15, 0.2) is 0 Å². The van der Waals surface area contributed by atoms with Gasteiger partial charge < -0.3 is 10.6 Å². The van der Waals surface area contributed by atoms with Gasteiger partial charge in [-0.25, -0.2) is 0 Å². The third kappa shape index (κ3) is 3.77. The van der Waals surface area contributed by atoms with Crippen molar-refractivity contribution >= 4 is 5.91 Å². The molecule has 1 aliphatic heterocycles. The molecule has 0 aromatic rings. The van der Waals surface area contributed by atoms with Gasteiger partial charge in [0.25, 0.3) is 0 Å². The molecule has 1 aliphatic rings. The van der Waals surface area contributed by atoms with Crippen molar-refractivity contribution in [1.29, 1.82) is 0 Å². The van der Waals surface area contributed by atoms with Crippen molar-refractivity contribution in [2.45, 2.75) is 32.6 Å². The summed E-state index contributed by atoms with van der Waals surface area (Å²) < 4.78 is 0. The van der Waals surface area contributed by atoms with Gasteiger partial charge in [0.05, 0.1) is 0 Å². The zero-order chi connectivity index (χ0) is 9.68. The topological polar surface area (TPSA) is 46.3 Å². The second-order valence-electron chi connectivity index (χ2n) is 3.99. The monoisotopic (exact) mass is 184 g/mol. The molecular formula is C10H20N2O. The third-order valence-electron chi connectivity index (χ3n) is 2.81. The Morgan fingerprint density at radius 3 is 2.54 bits per heavy atom. The van der Waals surface area contributed by atoms with E-state index in [0.717, 1.165) is 13.0 Å². The molecule has 1 fully saturated rings. The zero-order valence-electron chi connectivity index (χ0n) is 8.46. The number of carbonyl (C=O) groups excluding carboxylic acids is 1. The van der Waals surface area contributed by atoms with Crippen LogP contribution < -0.4 is 5.73 Å². The highest BCUT2D eigenvalue weighted by Gasteiger charge is 2.13. The molecule has 0 radical (unpaired) electrons. The molecule has 2 N–H and O–H groups in total. The molecule has 76 valence electrons. The van der Waals surface area contributed by atoms with Crippen LogP contribution in [0.15, 0.2) is 0 Å². The van der Waals surface area contributed by atoms with E-state index in [2.05, 4.69) is 4.90 Å². The van der Waals surface area contributed by atoms with Crippen molar-refractivity contribution < 1.29 is 4.79 Å². The molecule has 1 amide bonds. The highest BCUT2D eigenvalue weighted by Crippen LogP contribution is 2.10. The molecule has 0 aromatic heterocycles. The predicted octanol–water partition coefficient (Wildman–Crippen LogP) is 0.984. The number of primary amides is 1. The molecule has 3 heteroatoms. The summed E-state index contributed by atoms with van der Waals surface area (Å²) in [6.45, 7) is 5.34. The van der Waals surface area contributed by atoms with Gasteiger partial charge in [0, 0.05) is 5.92 Å². The molecule has 1 rings (SSSR count). The van der Waals surface area contributed by atoms with Crippen molar-refractivity contribution in [1.82, 2.24) is 4.90 Å². The van der Waals surface area contributed by atoms with Gasteiger partial charge in [0.2, 0.25) is 5.91 Å². The van der Waals surface area contributed by atoms with Crippen LogP contribution in [-0.4, -0.2) is 30.4 Å². The van der Waals surface area contributed by atoms with Gasteiger partial charge in [-0.1, -0.05) is 13.3 Å². The maximum atomic E-state index is 10.8. The molecule has 13 heavy (non-hydrogen) atoms. The molecule has 0 spiro atoms. The number of hydrogen-bond donors (Lipinski definition) is 1. The van der Waals surface area contributed by atoms with E-state index in [1.807, 2.05) is 6.92 Å². The predicted molar refractivity (Wildman–Crippen MR) is 53.3 cm³/mol. The molecule has 3 nitrogen and oxygen atoms in total. The van der Waals surface area contributed by atoms with E-state index in [-0.39, 0.29) is 11.8 Å². The third-order valence-corrected chi connectivity index (χ3v) is 2.81. The van der Waals surface area contributed by atoms with Gasteiger partial charge in [0.1, 0.15) is 0 Å². The van der Waals surface area contributed by atoms with Gasteiger partial charge in [-0.2, -0.15) is 0 Å². The van der Waals surface area contributed by atoms with Crippen LogP contribution in [0.1, 0.15) is 32.6 Å². The smallest absolute Gasteiger partial charge is 0.220 e. The molecule has 0 aliphatic carbocycles. The normalized spacial score (nSPS) is 21.3. The Morgan fingerprint density at radius 2 is 2.00 bits per heavy atom. The largest absolute Gasteiger partial charge is 0.369 e. The Hall–Kier alpha value is -0.570.